The summed E-state index contributed by atoms with van der Waals surface area (Å²) in [5.74, 6) is 1.67. The van der Waals surface area contributed by atoms with Crippen molar-refractivity contribution in [2.75, 3.05) is 13.7 Å². The number of hydrogen-bond donors (Lipinski definition) is 0. The highest BCUT2D eigenvalue weighted by atomic mass is 35.5. The van der Waals surface area contributed by atoms with Gasteiger partial charge in [-0.25, -0.2) is 4.79 Å². The summed E-state index contributed by atoms with van der Waals surface area (Å²) in [7, 11) is 1.48. The number of ether oxygens (including phenoxy) is 3. The molecule has 0 bridgehead atoms. The molecule has 34 heavy (non-hydrogen) atoms. The van der Waals surface area contributed by atoms with Gasteiger partial charge >= 0.3 is 5.97 Å². The van der Waals surface area contributed by atoms with Crippen LogP contribution in [-0.2, 0) is 0 Å². The predicted molar refractivity (Wildman–Crippen MR) is 132 cm³/mol. The molecule has 7 heteroatoms. The van der Waals surface area contributed by atoms with Crippen molar-refractivity contribution in [3.05, 3.63) is 86.9 Å². The molecule has 0 fully saturated rings. The first-order chi connectivity index (χ1) is 16.3. The van der Waals surface area contributed by atoms with Crippen LogP contribution in [0, 0.1) is 13.8 Å². The van der Waals surface area contributed by atoms with E-state index in [9.17, 15) is 9.59 Å². The van der Waals surface area contributed by atoms with E-state index < -0.39 is 5.97 Å². The highest BCUT2D eigenvalue weighted by Crippen LogP contribution is 2.37. The third-order valence-corrected chi connectivity index (χ3v) is 5.75. The SMILES string of the molecule is CCOc1cc(-c2ccc(OC(=O)c3ccccc3Cl)c(OC)c2)cc(=O)c2c(C)oc(C)c12. The number of carbonyl (C=O) groups excluding carboxylic acids is 1. The summed E-state index contributed by atoms with van der Waals surface area (Å²) in [6, 6.07) is 15.0. The lowest BCUT2D eigenvalue weighted by molar-refractivity contribution is 0.0730. The molecule has 6 nitrogen and oxygen atoms in total. The molecule has 3 aromatic carbocycles. The van der Waals surface area contributed by atoms with Gasteiger partial charge in [-0.15, -0.1) is 0 Å². The Morgan fingerprint density at radius 1 is 0.912 bits per heavy atom. The van der Waals surface area contributed by atoms with Gasteiger partial charge in [0, 0.05) is 0 Å². The van der Waals surface area contributed by atoms with Gasteiger partial charge in [0.05, 0.1) is 35.1 Å². The largest absolute Gasteiger partial charge is 0.493 e. The average molecular weight is 479 g/mol. The van der Waals surface area contributed by atoms with Gasteiger partial charge in [0.1, 0.15) is 17.3 Å². The zero-order chi connectivity index (χ0) is 24.4. The Kier molecular flexibility index (Phi) is 6.61. The molecule has 4 rings (SSSR count). The molecule has 0 aliphatic heterocycles. The number of furan rings is 1. The van der Waals surface area contributed by atoms with Crippen LogP contribution in [0.2, 0.25) is 5.02 Å². The maximum atomic E-state index is 13.1. The van der Waals surface area contributed by atoms with Crippen molar-refractivity contribution in [1.29, 1.82) is 0 Å². The molecular formula is C27H23ClO6. The van der Waals surface area contributed by atoms with Crippen LogP contribution in [0.1, 0.15) is 28.8 Å². The Bertz CT molecular complexity index is 1450. The predicted octanol–water partition coefficient (Wildman–Crippen LogP) is 6.36. The second kappa shape index (κ2) is 9.61. The number of halogens is 1. The van der Waals surface area contributed by atoms with Crippen LogP contribution in [-0.4, -0.2) is 19.7 Å². The Balaban J connectivity index is 1.80. The van der Waals surface area contributed by atoms with Crippen molar-refractivity contribution < 1.29 is 23.4 Å². The summed E-state index contributed by atoms with van der Waals surface area (Å²) >= 11 is 6.11. The lowest BCUT2D eigenvalue weighted by atomic mass is 10.1. The van der Waals surface area contributed by atoms with Gasteiger partial charge in [0.25, 0.3) is 0 Å². The van der Waals surface area contributed by atoms with Crippen LogP contribution in [0.3, 0.4) is 0 Å². The molecule has 0 atom stereocenters. The first-order valence-electron chi connectivity index (χ1n) is 10.7. The first-order valence-corrected chi connectivity index (χ1v) is 11.1. The normalized spacial score (nSPS) is 10.9. The zero-order valence-corrected chi connectivity index (χ0v) is 20.0. The van der Waals surface area contributed by atoms with Gasteiger partial charge < -0.3 is 18.6 Å². The number of carbonyl (C=O) groups is 1. The minimum Gasteiger partial charge on any atom is -0.493 e. The van der Waals surface area contributed by atoms with Crippen LogP contribution in [0.15, 0.2) is 63.8 Å². The molecule has 1 heterocycles. The van der Waals surface area contributed by atoms with Crippen molar-refractivity contribution in [3.8, 4) is 28.4 Å². The van der Waals surface area contributed by atoms with Crippen molar-refractivity contribution in [2.45, 2.75) is 20.8 Å². The number of hydrogen-bond acceptors (Lipinski definition) is 6. The molecular weight excluding hydrogens is 456 g/mol. The van der Waals surface area contributed by atoms with Gasteiger partial charge in [-0.05, 0) is 68.3 Å². The quantitative estimate of drug-likeness (QED) is 0.237. The summed E-state index contributed by atoms with van der Waals surface area (Å²) in [6.45, 7) is 5.88. The molecule has 0 aliphatic carbocycles. The van der Waals surface area contributed by atoms with Crippen molar-refractivity contribution >= 4 is 28.3 Å². The Hall–Kier alpha value is -3.77. The fraction of sp³-hybridized carbons (Fsp3) is 0.185. The summed E-state index contributed by atoms with van der Waals surface area (Å²) in [5.41, 5.74) is 1.39. The van der Waals surface area contributed by atoms with Gasteiger partial charge in [-0.3, -0.25) is 4.79 Å². The van der Waals surface area contributed by atoms with Crippen molar-refractivity contribution in [2.24, 2.45) is 0 Å². The Morgan fingerprint density at radius 3 is 2.32 bits per heavy atom. The molecule has 0 N–H and O–H groups in total. The standard InChI is InChI=1S/C27H23ClO6/c1-5-32-24-14-18(12-21(29)25-15(2)33-16(3)26(24)25)17-10-11-22(23(13-17)31-4)34-27(30)19-8-6-7-9-20(19)28/h6-14H,5H2,1-4H3. The lowest BCUT2D eigenvalue weighted by Crippen LogP contribution is -2.09. The average Bonchev–Trinajstić information content (AvgIpc) is 3.02. The monoisotopic (exact) mass is 478 g/mol. The molecule has 0 saturated heterocycles. The molecule has 0 aliphatic rings. The Morgan fingerprint density at radius 2 is 1.62 bits per heavy atom. The first kappa shape index (κ1) is 23.4. The number of rotatable bonds is 6. The third-order valence-electron chi connectivity index (χ3n) is 5.42. The molecule has 0 saturated carbocycles. The van der Waals surface area contributed by atoms with Gasteiger partial charge in [0.2, 0.25) is 0 Å². The van der Waals surface area contributed by atoms with E-state index >= 15 is 0 Å². The number of methoxy groups -OCH3 is 1. The minimum absolute atomic E-state index is 0.182. The fourth-order valence-corrected chi connectivity index (χ4v) is 4.11. The molecule has 0 radical (unpaired) electrons. The van der Waals surface area contributed by atoms with E-state index in [0.29, 0.717) is 56.5 Å². The van der Waals surface area contributed by atoms with Gasteiger partial charge in [-0.2, -0.15) is 0 Å². The number of esters is 1. The third kappa shape index (κ3) is 4.37. The smallest absolute Gasteiger partial charge is 0.345 e. The molecule has 0 unspecified atom stereocenters. The number of fused-ring (bicyclic) bond motifs is 1. The van der Waals surface area contributed by atoms with Crippen molar-refractivity contribution in [1.82, 2.24) is 0 Å². The van der Waals surface area contributed by atoms with Crippen LogP contribution >= 0.6 is 11.6 Å². The molecule has 0 spiro atoms. The van der Waals surface area contributed by atoms with Crippen LogP contribution in [0.25, 0.3) is 21.9 Å². The van der Waals surface area contributed by atoms with E-state index in [1.165, 1.54) is 13.2 Å². The Labute approximate surface area is 201 Å². The van der Waals surface area contributed by atoms with E-state index in [2.05, 4.69) is 0 Å². The maximum absolute atomic E-state index is 13.1. The van der Waals surface area contributed by atoms with Crippen LogP contribution in [0.5, 0.6) is 17.2 Å². The summed E-state index contributed by atoms with van der Waals surface area (Å²) in [4.78, 5) is 25.7. The minimum atomic E-state index is -0.600. The van der Waals surface area contributed by atoms with Gasteiger partial charge in [0.15, 0.2) is 16.9 Å². The van der Waals surface area contributed by atoms with Gasteiger partial charge in [-0.1, -0.05) is 29.8 Å². The zero-order valence-electron chi connectivity index (χ0n) is 19.2. The van der Waals surface area contributed by atoms with E-state index in [1.54, 1.807) is 55.5 Å². The molecule has 1 aromatic heterocycles. The summed E-state index contributed by atoms with van der Waals surface area (Å²) in [6.07, 6.45) is 0. The van der Waals surface area contributed by atoms with E-state index in [0.717, 1.165) is 0 Å². The summed E-state index contributed by atoms with van der Waals surface area (Å²) < 4.78 is 22.6. The molecule has 174 valence electrons. The second-order valence-corrected chi connectivity index (χ2v) is 8.01. The summed E-state index contributed by atoms with van der Waals surface area (Å²) in [5, 5.41) is 1.44. The maximum Gasteiger partial charge on any atom is 0.345 e. The van der Waals surface area contributed by atoms with Crippen LogP contribution in [0.4, 0.5) is 0 Å². The fourth-order valence-electron chi connectivity index (χ4n) is 3.89. The van der Waals surface area contributed by atoms with Crippen molar-refractivity contribution in [3.63, 3.8) is 0 Å². The topological polar surface area (TPSA) is 75.0 Å². The van der Waals surface area contributed by atoms with E-state index in [-0.39, 0.29) is 16.7 Å². The molecule has 0 amide bonds. The highest BCUT2D eigenvalue weighted by Gasteiger charge is 2.18. The second-order valence-electron chi connectivity index (χ2n) is 7.60. The van der Waals surface area contributed by atoms with Crippen LogP contribution < -0.4 is 19.6 Å². The van der Waals surface area contributed by atoms with E-state index in [4.69, 9.17) is 30.2 Å². The lowest BCUT2D eigenvalue weighted by Gasteiger charge is -2.12. The number of benzene rings is 2. The molecule has 4 aromatic rings. The highest BCUT2D eigenvalue weighted by molar-refractivity contribution is 6.33. The number of aryl methyl sites for hydroxylation is 2. The van der Waals surface area contributed by atoms with E-state index in [1.807, 2.05) is 13.8 Å².